The summed E-state index contributed by atoms with van der Waals surface area (Å²) in [5.74, 6) is -0.669. The molecular weight excluding hydrogens is 228 g/mol. The van der Waals surface area contributed by atoms with Gasteiger partial charge in [0.25, 0.3) is 0 Å². The molecule has 16 heavy (non-hydrogen) atoms. The first-order chi connectivity index (χ1) is 7.29. The lowest BCUT2D eigenvalue weighted by Gasteiger charge is -2.26. The number of hydrogen-bond acceptors (Lipinski definition) is 3. The summed E-state index contributed by atoms with van der Waals surface area (Å²) in [6.07, 6.45) is 4.58. The second kappa shape index (κ2) is 9.87. The van der Waals surface area contributed by atoms with E-state index in [0.29, 0.717) is 6.42 Å². The molecule has 1 fully saturated rings. The Morgan fingerprint density at radius 1 is 1.12 bits per heavy atom. The monoisotopic (exact) mass is 250 g/mol. The molecule has 2 N–H and O–H groups in total. The van der Waals surface area contributed by atoms with E-state index in [2.05, 4.69) is 10.2 Å². The average Bonchev–Trinajstić information content (AvgIpc) is 2.24. The molecule has 0 aromatic heterocycles. The van der Waals surface area contributed by atoms with Gasteiger partial charge in [-0.1, -0.05) is 12.8 Å². The highest BCUT2D eigenvalue weighted by Gasteiger charge is 2.07. The van der Waals surface area contributed by atoms with Crippen LogP contribution in [0.1, 0.15) is 32.1 Å². The van der Waals surface area contributed by atoms with Gasteiger partial charge in [-0.3, -0.25) is 4.79 Å². The van der Waals surface area contributed by atoms with Gasteiger partial charge in [-0.05, 0) is 19.4 Å². The molecule has 0 bridgehead atoms. The highest BCUT2D eigenvalue weighted by molar-refractivity contribution is 5.85. The van der Waals surface area contributed by atoms with Crippen molar-refractivity contribution in [2.45, 2.75) is 32.1 Å². The molecule has 1 heterocycles. The largest absolute Gasteiger partial charge is 0.481 e. The van der Waals surface area contributed by atoms with Gasteiger partial charge in [-0.15, -0.1) is 12.4 Å². The van der Waals surface area contributed by atoms with Gasteiger partial charge in [0.2, 0.25) is 0 Å². The fraction of sp³-hybridized carbons (Fsp3) is 0.909. The van der Waals surface area contributed by atoms with Crippen molar-refractivity contribution in [2.75, 3.05) is 32.7 Å². The number of carboxylic acids is 1. The van der Waals surface area contributed by atoms with Crippen LogP contribution in [0.2, 0.25) is 0 Å². The van der Waals surface area contributed by atoms with Gasteiger partial charge in [0.05, 0.1) is 0 Å². The van der Waals surface area contributed by atoms with Crippen molar-refractivity contribution in [2.24, 2.45) is 0 Å². The first-order valence-corrected chi connectivity index (χ1v) is 5.94. The molecule has 1 rings (SSSR count). The molecule has 0 saturated carbocycles. The number of rotatable bonds is 7. The Kier molecular flexibility index (Phi) is 9.68. The molecule has 0 radical (unpaired) electrons. The second-order valence-corrected chi connectivity index (χ2v) is 4.15. The molecule has 1 aliphatic rings. The number of aliphatic carboxylic acids is 1. The molecule has 0 aliphatic carbocycles. The topological polar surface area (TPSA) is 52.6 Å². The van der Waals surface area contributed by atoms with Crippen molar-refractivity contribution in [1.82, 2.24) is 10.2 Å². The van der Waals surface area contributed by atoms with Crippen LogP contribution in [-0.4, -0.2) is 48.7 Å². The van der Waals surface area contributed by atoms with E-state index in [-0.39, 0.29) is 12.4 Å². The highest BCUT2D eigenvalue weighted by Crippen LogP contribution is 2.04. The SMILES string of the molecule is Cl.O=C(O)CCCCCCN1CCNCC1. The van der Waals surface area contributed by atoms with Crippen LogP contribution in [-0.2, 0) is 4.79 Å². The van der Waals surface area contributed by atoms with Crippen LogP contribution in [0.5, 0.6) is 0 Å². The van der Waals surface area contributed by atoms with Crippen molar-refractivity contribution in [3.05, 3.63) is 0 Å². The van der Waals surface area contributed by atoms with Gasteiger partial charge in [-0.2, -0.15) is 0 Å². The lowest BCUT2D eigenvalue weighted by atomic mass is 10.1. The molecule has 0 aromatic carbocycles. The minimum absolute atomic E-state index is 0. The van der Waals surface area contributed by atoms with E-state index in [1.165, 1.54) is 13.0 Å². The quantitative estimate of drug-likeness (QED) is 0.670. The molecule has 0 atom stereocenters. The predicted molar refractivity (Wildman–Crippen MR) is 67.3 cm³/mol. The molecule has 4 nitrogen and oxygen atoms in total. The van der Waals surface area contributed by atoms with Gasteiger partial charge in [0.1, 0.15) is 0 Å². The first-order valence-electron chi connectivity index (χ1n) is 5.94. The van der Waals surface area contributed by atoms with E-state index in [1.54, 1.807) is 0 Å². The fourth-order valence-electron chi connectivity index (χ4n) is 1.90. The minimum atomic E-state index is -0.669. The Bertz CT molecular complexity index is 185. The third kappa shape index (κ3) is 7.91. The van der Waals surface area contributed by atoms with Crippen LogP contribution in [0.15, 0.2) is 0 Å². The summed E-state index contributed by atoms with van der Waals surface area (Å²) in [6, 6.07) is 0. The summed E-state index contributed by atoms with van der Waals surface area (Å²) < 4.78 is 0. The molecule has 1 aliphatic heterocycles. The maximum absolute atomic E-state index is 10.3. The normalized spacial score (nSPS) is 16.8. The summed E-state index contributed by atoms with van der Waals surface area (Å²) >= 11 is 0. The summed E-state index contributed by atoms with van der Waals surface area (Å²) in [5.41, 5.74) is 0. The van der Waals surface area contributed by atoms with Crippen LogP contribution in [0, 0.1) is 0 Å². The number of unbranched alkanes of at least 4 members (excludes halogenated alkanes) is 3. The maximum atomic E-state index is 10.3. The number of carbonyl (C=O) groups is 1. The van der Waals surface area contributed by atoms with Crippen molar-refractivity contribution in [1.29, 1.82) is 0 Å². The molecule has 5 heteroatoms. The van der Waals surface area contributed by atoms with Crippen LogP contribution >= 0.6 is 12.4 Å². The van der Waals surface area contributed by atoms with E-state index < -0.39 is 5.97 Å². The number of halogens is 1. The summed E-state index contributed by atoms with van der Waals surface area (Å²) in [6.45, 7) is 5.72. The molecule has 0 aromatic rings. The predicted octanol–water partition coefficient (Wildman–Crippen LogP) is 1.35. The van der Waals surface area contributed by atoms with Gasteiger partial charge >= 0.3 is 5.97 Å². The zero-order chi connectivity index (χ0) is 10.9. The van der Waals surface area contributed by atoms with Crippen LogP contribution < -0.4 is 5.32 Å². The Hall–Kier alpha value is -0.320. The van der Waals surface area contributed by atoms with Gasteiger partial charge in [-0.25, -0.2) is 0 Å². The number of nitrogens with zero attached hydrogens (tertiary/aromatic N) is 1. The van der Waals surface area contributed by atoms with Crippen LogP contribution in [0.3, 0.4) is 0 Å². The van der Waals surface area contributed by atoms with E-state index >= 15 is 0 Å². The summed E-state index contributed by atoms with van der Waals surface area (Å²) in [5, 5.41) is 11.8. The maximum Gasteiger partial charge on any atom is 0.303 e. The molecule has 0 amide bonds. The number of piperazine rings is 1. The Morgan fingerprint density at radius 3 is 2.38 bits per heavy atom. The van der Waals surface area contributed by atoms with Gasteiger partial charge < -0.3 is 15.3 Å². The lowest BCUT2D eigenvalue weighted by molar-refractivity contribution is -0.137. The van der Waals surface area contributed by atoms with E-state index in [9.17, 15) is 4.79 Å². The summed E-state index contributed by atoms with van der Waals surface area (Å²) in [4.78, 5) is 12.7. The molecule has 0 spiro atoms. The van der Waals surface area contributed by atoms with Crippen molar-refractivity contribution in [3.63, 3.8) is 0 Å². The number of carboxylic acid groups (broad SMARTS) is 1. The smallest absolute Gasteiger partial charge is 0.303 e. The first kappa shape index (κ1) is 15.7. The van der Waals surface area contributed by atoms with Crippen LogP contribution in [0.4, 0.5) is 0 Å². The minimum Gasteiger partial charge on any atom is -0.481 e. The lowest BCUT2D eigenvalue weighted by Crippen LogP contribution is -2.43. The van der Waals surface area contributed by atoms with E-state index in [0.717, 1.165) is 45.4 Å². The highest BCUT2D eigenvalue weighted by atomic mass is 35.5. The van der Waals surface area contributed by atoms with E-state index in [1.807, 2.05) is 0 Å². The Morgan fingerprint density at radius 2 is 1.75 bits per heavy atom. The second-order valence-electron chi connectivity index (χ2n) is 4.15. The molecule has 96 valence electrons. The Labute approximate surface area is 104 Å². The average molecular weight is 251 g/mol. The zero-order valence-corrected chi connectivity index (χ0v) is 10.6. The fourth-order valence-corrected chi connectivity index (χ4v) is 1.90. The van der Waals surface area contributed by atoms with Gasteiger partial charge in [0, 0.05) is 32.6 Å². The summed E-state index contributed by atoms with van der Waals surface area (Å²) in [7, 11) is 0. The van der Waals surface area contributed by atoms with Gasteiger partial charge in [0.15, 0.2) is 0 Å². The third-order valence-corrected chi connectivity index (χ3v) is 2.82. The zero-order valence-electron chi connectivity index (χ0n) is 9.78. The molecule has 0 unspecified atom stereocenters. The Balaban J connectivity index is 0.00000225. The molecule has 1 saturated heterocycles. The number of hydrogen-bond donors (Lipinski definition) is 2. The van der Waals surface area contributed by atoms with Crippen molar-refractivity contribution in [3.8, 4) is 0 Å². The third-order valence-electron chi connectivity index (χ3n) is 2.82. The van der Waals surface area contributed by atoms with E-state index in [4.69, 9.17) is 5.11 Å². The molecular formula is C11H23ClN2O2. The van der Waals surface area contributed by atoms with Crippen molar-refractivity contribution < 1.29 is 9.90 Å². The standard InChI is InChI=1S/C11H22N2O2.ClH/c14-11(15)5-3-1-2-4-8-13-9-6-12-7-10-13;/h12H,1-10H2,(H,14,15);1H. The number of nitrogens with one attached hydrogen (secondary N) is 1. The van der Waals surface area contributed by atoms with Crippen molar-refractivity contribution >= 4 is 18.4 Å². The van der Waals surface area contributed by atoms with Crippen LogP contribution in [0.25, 0.3) is 0 Å².